The topological polar surface area (TPSA) is 77.0 Å². The Morgan fingerprint density at radius 1 is 1.21 bits per heavy atom. The van der Waals surface area contributed by atoms with Crippen molar-refractivity contribution >= 4 is 18.7 Å². The SMILES string of the molecule is CC(C)CC(C)(COc1ccc(B2OC(C)(C)C(C)(C)O2)c(F)c1F)NC(=O)O. The number of hydrogen-bond donors (Lipinski definition) is 2. The average molecular weight is 413 g/mol. The van der Waals surface area contributed by atoms with Crippen molar-refractivity contribution in [2.24, 2.45) is 5.92 Å². The highest BCUT2D eigenvalue weighted by Crippen LogP contribution is 2.37. The average Bonchev–Trinajstić information content (AvgIpc) is 2.75. The summed E-state index contributed by atoms with van der Waals surface area (Å²) in [6.45, 7) is 12.7. The summed E-state index contributed by atoms with van der Waals surface area (Å²) in [6, 6.07) is 2.66. The molecule has 1 amide bonds. The van der Waals surface area contributed by atoms with E-state index in [-0.39, 0.29) is 23.7 Å². The quantitative estimate of drug-likeness (QED) is 0.667. The van der Waals surface area contributed by atoms with E-state index in [2.05, 4.69) is 5.32 Å². The molecule has 1 heterocycles. The molecule has 1 saturated heterocycles. The normalized spacial score (nSPS) is 19.9. The molecule has 0 bridgehead atoms. The van der Waals surface area contributed by atoms with Crippen LogP contribution in [0.15, 0.2) is 12.1 Å². The fourth-order valence-electron chi connectivity index (χ4n) is 3.35. The van der Waals surface area contributed by atoms with Crippen molar-refractivity contribution in [2.45, 2.75) is 71.6 Å². The lowest BCUT2D eigenvalue weighted by molar-refractivity contribution is 0.00578. The number of amides is 1. The van der Waals surface area contributed by atoms with Crippen molar-refractivity contribution in [1.82, 2.24) is 5.32 Å². The summed E-state index contributed by atoms with van der Waals surface area (Å²) in [7, 11) is -1.04. The highest BCUT2D eigenvalue weighted by Gasteiger charge is 2.52. The molecule has 0 saturated carbocycles. The van der Waals surface area contributed by atoms with Gasteiger partial charge in [-0.25, -0.2) is 9.18 Å². The number of carboxylic acid groups (broad SMARTS) is 1. The third kappa shape index (κ3) is 5.19. The molecule has 1 fully saturated rings. The number of nitrogens with one attached hydrogen (secondary N) is 1. The van der Waals surface area contributed by atoms with Gasteiger partial charge in [0.05, 0.1) is 16.7 Å². The Balaban J connectivity index is 2.20. The Morgan fingerprint density at radius 2 is 1.76 bits per heavy atom. The van der Waals surface area contributed by atoms with E-state index in [0.717, 1.165) is 0 Å². The molecule has 0 aliphatic carbocycles. The van der Waals surface area contributed by atoms with Gasteiger partial charge in [-0.05, 0) is 53.0 Å². The minimum absolute atomic E-state index is 0.0536. The standard InChI is InChI=1S/C20H30BF2NO5/c1-12(2)10-20(7,24-17(25)26)11-27-14-9-8-13(15(22)16(14)23)21-28-18(3,4)19(5,6)29-21/h8-9,12,24H,10-11H2,1-7H3,(H,25,26). The summed E-state index contributed by atoms with van der Waals surface area (Å²) < 4.78 is 46.4. The summed E-state index contributed by atoms with van der Waals surface area (Å²) in [5, 5.41) is 11.5. The van der Waals surface area contributed by atoms with Crippen molar-refractivity contribution < 1.29 is 32.7 Å². The minimum Gasteiger partial charge on any atom is -0.488 e. The van der Waals surface area contributed by atoms with Gasteiger partial charge in [0, 0.05) is 5.46 Å². The van der Waals surface area contributed by atoms with E-state index in [0.29, 0.717) is 6.42 Å². The summed E-state index contributed by atoms with van der Waals surface area (Å²) in [4.78, 5) is 11.1. The predicted molar refractivity (Wildman–Crippen MR) is 107 cm³/mol. The molecule has 1 unspecified atom stereocenters. The Morgan fingerprint density at radius 3 is 2.24 bits per heavy atom. The van der Waals surface area contributed by atoms with E-state index >= 15 is 0 Å². The highest BCUT2D eigenvalue weighted by molar-refractivity contribution is 6.62. The van der Waals surface area contributed by atoms with Gasteiger partial charge in [0.25, 0.3) is 0 Å². The van der Waals surface area contributed by atoms with Crippen LogP contribution in [0.2, 0.25) is 0 Å². The molecule has 0 aromatic heterocycles. The van der Waals surface area contributed by atoms with Crippen molar-refractivity contribution in [3.8, 4) is 5.75 Å². The molecule has 0 spiro atoms. The highest BCUT2D eigenvalue weighted by atomic mass is 19.2. The third-order valence-corrected chi connectivity index (χ3v) is 5.40. The van der Waals surface area contributed by atoms with Crippen LogP contribution in [0.25, 0.3) is 0 Å². The fourth-order valence-corrected chi connectivity index (χ4v) is 3.35. The van der Waals surface area contributed by atoms with E-state index < -0.39 is 41.6 Å². The molecule has 1 aliphatic rings. The van der Waals surface area contributed by atoms with Crippen LogP contribution < -0.4 is 15.5 Å². The number of rotatable bonds is 7. The Labute approximate surface area is 171 Å². The van der Waals surface area contributed by atoms with Gasteiger partial charge < -0.3 is 24.5 Å². The lowest BCUT2D eigenvalue weighted by Gasteiger charge is -2.32. The van der Waals surface area contributed by atoms with Crippen LogP contribution in [-0.4, -0.2) is 41.7 Å². The van der Waals surface area contributed by atoms with Gasteiger partial charge in [0.1, 0.15) is 6.61 Å². The van der Waals surface area contributed by atoms with Crippen LogP contribution in [0.5, 0.6) is 5.75 Å². The van der Waals surface area contributed by atoms with Crippen molar-refractivity contribution in [3.63, 3.8) is 0 Å². The van der Waals surface area contributed by atoms with Crippen LogP contribution in [-0.2, 0) is 9.31 Å². The number of carbonyl (C=O) groups is 1. The van der Waals surface area contributed by atoms with E-state index in [1.165, 1.54) is 12.1 Å². The molecule has 29 heavy (non-hydrogen) atoms. The summed E-state index contributed by atoms with van der Waals surface area (Å²) >= 11 is 0. The first-order valence-electron chi connectivity index (χ1n) is 9.65. The van der Waals surface area contributed by atoms with Gasteiger partial charge in [-0.3, -0.25) is 0 Å². The molecule has 2 rings (SSSR count). The zero-order valence-corrected chi connectivity index (χ0v) is 18.1. The Kier molecular flexibility index (Phi) is 6.54. The van der Waals surface area contributed by atoms with Gasteiger partial charge in [0.15, 0.2) is 17.4 Å². The first-order chi connectivity index (χ1) is 13.2. The molecular weight excluding hydrogens is 383 g/mol. The molecule has 1 aromatic carbocycles. The second kappa shape index (κ2) is 8.10. The van der Waals surface area contributed by atoms with E-state index in [9.17, 15) is 13.6 Å². The van der Waals surface area contributed by atoms with Crippen LogP contribution in [0.3, 0.4) is 0 Å². The Hall–Kier alpha value is -1.87. The predicted octanol–water partition coefficient (Wildman–Crippen LogP) is 3.72. The monoisotopic (exact) mass is 413 g/mol. The molecule has 1 atom stereocenters. The molecule has 162 valence electrons. The smallest absolute Gasteiger partial charge is 0.488 e. The van der Waals surface area contributed by atoms with Crippen molar-refractivity contribution in [2.75, 3.05) is 6.61 Å². The van der Waals surface area contributed by atoms with Gasteiger partial charge in [0.2, 0.25) is 0 Å². The second-order valence-corrected chi connectivity index (χ2v) is 9.25. The van der Waals surface area contributed by atoms with Crippen LogP contribution in [0.4, 0.5) is 13.6 Å². The number of ether oxygens (including phenoxy) is 1. The van der Waals surface area contributed by atoms with Gasteiger partial charge in [-0.2, -0.15) is 4.39 Å². The number of halogens is 2. The maximum atomic E-state index is 14.7. The van der Waals surface area contributed by atoms with Crippen LogP contribution in [0.1, 0.15) is 54.9 Å². The lowest BCUT2D eigenvalue weighted by atomic mass is 9.78. The van der Waals surface area contributed by atoms with Crippen molar-refractivity contribution in [1.29, 1.82) is 0 Å². The molecule has 6 nitrogen and oxygen atoms in total. The fraction of sp³-hybridized carbons (Fsp3) is 0.650. The van der Waals surface area contributed by atoms with Crippen LogP contribution >= 0.6 is 0 Å². The first kappa shape index (κ1) is 23.4. The molecule has 0 radical (unpaired) electrons. The molecule has 9 heteroatoms. The van der Waals surface area contributed by atoms with Gasteiger partial charge >= 0.3 is 13.2 Å². The van der Waals surface area contributed by atoms with Gasteiger partial charge in [-0.15, -0.1) is 0 Å². The number of hydrogen-bond acceptors (Lipinski definition) is 4. The van der Waals surface area contributed by atoms with Crippen molar-refractivity contribution in [3.05, 3.63) is 23.8 Å². The summed E-state index contributed by atoms with van der Waals surface area (Å²) in [5.41, 5.74) is -2.37. The van der Waals surface area contributed by atoms with E-state index in [1.54, 1.807) is 6.92 Å². The Bertz CT molecular complexity index is 755. The molecule has 1 aromatic rings. The minimum atomic E-state index is -1.21. The summed E-state index contributed by atoms with van der Waals surface area (Å²) in [5.74, 6) is -2.41. The molecular formula is C20H30BF2NO5. The van der Waals surface area contributed by atoms with Gasteiger partial charge in [-0.1, -0.05) is 19.9 Å². The lowest BCUT2D eigenvalue weighted by Crippen LogP contribution is -2.50. The maximum Gasteiger partial charge on any atom is 0.497 e. The zero-order chi connectivity index (χ0) is 22.2. The third-order valence-electron chi connectivity index (χ3n) is 5.40. The van der Waals surface area contributed by atoms with Crippen LogP contribution in [0, 0.1) is 17.6 Å². The number of benzene rings is 1. The molecule has 2 N–H and O–H groups in total. The largest absolute Gasteiger partial charge is 0.497 e. The zero-order valence-electron chi connectivity index (χ0n) is 18.1. The molecule has 1 aliphatic heterocycles. The maximum absolute atomic E-state index is 14.7. The first-order valence-corrected chi connectivity index (χ1v) is 9.65. The summed E-state index contributed by atoms with van der Waals surface area (Å²) in [6.07, 6.45) is -0.741. The van der Waals surface area contributed by atoms with E-state index in [4.69, 9.17) is 19.2 Å². The van der Waals surface area contributed by atoms with E-state index in [1.807, 2.05) is 41.5 Å². The second-order valence-electron chi connectivity index (χ2n) is 9.25.